The van der Waals surface area contributed by atoms with E-state index in [1.54, 1.807) is 7.11 Å². The molecule has 0 saturated heterocycles. The number of aryl methyl sites for hydroxylation is 2. The first kappa shape index (κ1) is 13.9. The van der Waals surface area contributed by atoms with Crippen LogP contribution in [0.3, 0.4) is 0 Å². The van der Waals surface area contributed by atoms with E-state index in [9.17, 15) is 0 Å². The van der Waals surface area contributed by atoms with Gasteiger partial charge < -0.3 is 4.74 Å². The topological polar surface area (TPSA) is 9.23 Å². The van der Waals surface area contributed by atoms with E-state index in [-0.39, 0.29) is 0 Å². The van der Waals surface area contributed by atoms with Crippen molar-refractivity contribution in [2.45, 2.75) is 33.6 Å². The first-order valence-electron chi connectivity index (χ1n) is 7.53. The number of rotatable bonds is 2. The molecule has 0 aliphatic heterocycles. The standard InChI is InChI=1S/C20H22O/c1-12(2)18-10-15-7-9-16-14(4)13(3)6-8-17(16)19(15)11-20(18)21-5/h6-12H,1-5H3. The lowest BCUT2D eigenvalue weighted by Gasteiger charge is -2.15. The van der Waals surface area contributed by atoms with E-state index in [0.717, 1.165) is 5.75 Å². The van der Waals surface area contributed by atoms with Crippen LogP contribution in [0.2, 0.25) is 0 Å². The quantitative estimate of drug-likeness (QED) is 0.543. The fourth-order valence-corrected chi connectivity index (χ4v) is 3.07. The summed E-state index contributed by atoms with van der Waals surface area (Å²) in [4.78, 5) is 0. The van der Waals surface area contributed by atoms with Gasteiger partial charge in [0.15, 0.2) is 0 Å². The van der Waals surface area contributed by atoms with Crippen molar-refractivity contribution in [1.82, 2.24) is 0 Å². The molecule has 3 rings (SSSR count). The summed E-state index contributed by atoms with van der Waals surface area (Å²) in [5.41, 5.74) is 3.97. The van der Waals surface area contributed by atoms with Gasteiger partial charge in [-0.1, -0.05) is 38.1 Å². The Hall–Kier alpha value is -2.02. The highest BCUT2D eigenvalue weighted by molar-refractivity contribution is 6.09. The minimum Gasteiger partial charge on any atom is -0.496 e. The van der Waals surface area contributed by atoms with Crippen molar-refractivity contribution in [2.24, 2.45) is 0 Å². The molecule has 108 valence electrons. The lowest BCUT2D eigenvalue weighted by molar-refractivity contribution is 0.408. The molecule has 3 aromatic carbocycles. The van der Waals surface area contributed by atoms with Crippen molar-refractivity contribution in [3.05, 3.63) is 53.1 Å². The Balaban J connectivity index is 2.43. The number of hydrogen-bond acceptors (Lipinski definition) is 1. The summed E-state index contributed by atoms with van der Waals surface area (Å²) in [6.45, 7) is 8.78. The van der Waals surface area contributed by atoms with Crippen molar-refractivity contribution in [2.75, 3.05) is 7.11 Å². The molecule has 0 fully saturated rings. The summed E-state index contributed by atoms with van der Waals surface area (Å²) in [5, 5.41) is 5.21. The van der Waals surface area contributed by atoms with Crippen LogP contribution in [0, 0.1) is 13.8 Å². The molecule has 0 spiro atoms. The van der Waals surface area contributed by atoms with Gasteiger partial charge in [0.25, 0.3) is 0 Å². The van der Waals surface area contributed by atoms with E-state index in [0.29, 0.717) is 5.92 Å². The van der Waals surface area contributed by atoms with E-state index < -0.39 is 0 Å². The van der Waals surface area contributed by atoms with Crippen LogP contribution >= 0.6 is 0 Å². The van der Waals surface area contributed by atoms with E-state index in [4.69, 9.17) is 4.74 Å². The van der Waals surface area contributed by atoms with Crippen molar-refractivity contribution in [1.29, 1.82) is 0 Å². The lowest BCUT2D eigenvalue weighted by Crippen LogP contribution is -1.95. The van der Waals surface area contributed by atoms with Crippen LogP contribution in [0.25, 0.3) is 21.5 Å². The molecule has 0 atom stereocenters. The van der Waals surface area contributed by atoms with Gasteiger partial charge in [-0.3, -0.25) is 0 Å². The normalized spacial score (nSPS) is 11.5. The molecule has 0 aliphatic rings. The lowest BCUT2D eigenvalue weighted by atomic mass is 9.93. The molecule has 0 aromatic heterocycles. The summed E-state index contributed by atoms with van der Waals surface area (Å²) in [7, 11) is 1.76. The fraction of sp³-hybridized carbons (Fsp3) is 0.300. The van der Waals surface area contributed by atoms with Gasteiger partial charge in [0.2, 0.25) is 0 Å². The van der Waals surface area contributed by atoms with E-state index in [1.165, 1.54) is 38.2 Å². The highest BCUT2D eigenvalue weighted by Gasteiger charge is 2.11. The number of methoxy groups -OCH3 is 1. The number of ether oxygens (including phenoxy) is 1. The molecular weight excluding hydrogens is 256 g/mol. The molecule has 0 unspecified atom stereocenters. The van der Waals surface area contributed by atoms with Gasteiger partial charge in [0.05, 0.1) is 7.11 Å². The van der Waals surface area contributed by atoms with E-state index >= 15 is 0 Å². The summed E-state index contributed by atoms with van der Waals surface area (Å²) in [6.07, 6.45) is 0. The Morgan fingerprint density at radius 2 is 1.57 bits per heavy atom. The Kier molecular flexibility index (Phi) is 3.36. The van der Waals surface area contributed by atoms with E-state index in [1.807, 2.05) is 0 Å². The maximum absolute atomic E-state index is 5.62. The zero-order valence-corrected chi connectivity index (χ0v) is 13.4. The van der Waals surface area contributed by atoms with Crippen LogP contribution in [0.5, 0.6) is 5.75 Å². The zero-order chi connectivity index (χ0) is 15.1. The molecule has 21 heavy (non-hydrogen) atoms. The molecule has 0 aliphatic carbocycles. The molecule has 3 aromatic rings. The third-order valence-electron chi connectivity index (χ3n) is 4.53. The van der Waals surface area contributed by atoms with Crippen molar-refractivity contribution in [3.63, 3.8) is 0 Å². The highest BCUT2D eigenvalue weighted by Crippen LogP contribution is 2.35. The fourth-order valence-electron chi connectivity index (χ4n) is 3.07. The SMILES string of the molecule is COc1cc2c(ccc3c(C)c(C)ccc32)cc1C(C)C. The van der Waals surface area contributed by atoms with Gasteiger partial charge in [-0.05, 0) is 70.1 Å². The average Bonchev–Trinajstić information content (AvgIpc) is 2.49. The van der Waals surface area contributed by atoms with Crippen molar-refractivity contribution in [3.8, 4) is 5.75 Å². The van der Waals surface area contributed by atoms with Gasteiger partial charge >= 0.3 is 0 Å². The second-order valence-corrected chi connectivity index (χ2v) is 6.14. The minimum absolute atomic E-state index is 0.458. The van der Waals surface area contributed by atoms with Crippen LogP contribution in [0.15, 0.2) is 36.4 Å². The Morgan fingerprint density at radius 1 is 0.857 bits per heavy atom. The molecule has 1 nitrogen and oxygen atoms in total. The van der Waals surface area contributed by atoms with E-state index in [2.05, 4.69) is 64.1 Å². The number of fused-ring (bicyclic) bond motifs is 3. The molecule has 0 bridgehead atoms. The van der Waals surface area contributed by atoms with Gasteiger partial charge in [0.1, 0.15) is 5.75 Å². The average molecular weight is 278 g/mol. The third-order valence-corrected chi connectivity index (χ3v) is 4.53. The molecular formula is C20H22O. The second-order valence-electron chi connectivity index (χ2n) is 6.14. The predicted molar refractivity (Wildman–Crippen MR) is 91.6 cm³/mol. The monoisotopic (exact) mass is 278 g/mol. The van der Waals surface area contributed by atoms with Crippen molar-refractivity contribution < 1.29 is 4.74 Å². The Labute approximate surface area is 126 Å². The third kappa shape index (κ3) is 2.17. The molecule has 0 radical (unpaired) electrons. The highest BCUT2D eigenvalue weighted by atomic mass is 16.5. The van der Waals surface area contributed by atoms with Crippen LogP contribution in [0.1, 0.15) is 36.5 Å². The smallest absolute Gasteiger partial charge is 0.122 e. The predicted octanol–water partition coefficient (Wildman–Crippen LogP) is 5.74. The Morgan fingerprint density at radius 3 is 2.24 bits per heavy atom. The van der Waals surface area contributed by atoms with Crippen LogP contribution in [0.4, 0.5) is 0 Å². The van der Waals surface area contributed by atoms with Gasteiger partial charge in [-0.2, -0.15) is 0 Å². The minimum atomic E-state index is 0.458. The van der Waals surface area contributed by atoms with Crippen LogP contribution in [-0.4, -0.2) is 7.11 Å². The van der Waals surface area contributed by atoms with Crippen LogP contribution < -0.4 is 4.74 Å². The Bertz CT molecular complexity index is 828. The van der Waals surface area contributed by atoms with Gasteiger partial charge in [0, 0.05) is 0 Å². The van der Waals surface area contributed by atoms with Crippen LogP contribution in [-0.2, 0) is 0 Å². The van der Waals surface area contributed by atoms with Crippen molar-refractivity contribution >= 4 is 21.5 Å². The number of benzene rings is 3. The second kappa shape index (κ2) is 5.07. The molecule has 0 N–H and O–H groups in total. The molecule has 0 heterocycles. The first-order chi connectivity index (χ1) is 10.0. The molecule has 1 heteroatoms. The summed E-state index contributed by atoms with van der Waals surface area (Å²) in [6, 6.07) is 13.4. The molecule has 0 saturated carbocycles. The summed E-state index contributed by atoms with van der Waals surface area (Å²) in [5.74, 6) is 1.45. The van der Waals surface area contributed by atoms with Gasteiger partial charge in [-0.15, -0.1) is 0 Å². The summed E-state index contributed by atoms with van der Waals surface area (Å²) < 4.78 is 5.62. The molecule has 0 amide bonds. The summed E-state index contributed by atoms with van der Waals surface area (Å²) >= 11 is 0. The maximum Gasteiger partial charge on any atom is 0.122 e. The largest absolute Gasteiger partial charge is 0.496 e. The maximum atomic E-state index is 5.62. The number of hydrogen-bond donors (Lipinski definition) is 0. The zero-order valence-electron chi connectivity index (χ0n) is 13.4. The van der Waals surface area contributed by atoms with Gasteiger partial charge in [-0.25, -0.2) is 0 Å². The first-order valence-corrected chi connectivity index (χ1v) is 7.53.